The van der Waals surface area contributed by atoms with Crippen LogP contribution in [0, 0.1) is 5.92 Å². The van der Waals surface area contributed by atoms with Gasteiger partial charge in [0.1, 0.15) is 5.82 Å². The minimum absolute atomic E-state index is 0.169. The SMILES string of the molecule is CC(C)(C)c1ccc(NCC2CCC(Cl)C2)nc1. The van der Waals surface area contributed by atoms with Crippen LogP contribution in [-0.2, 0) is 5.41 Å². The van der Waals surface area contributed by atoms with Crippen LogP contribution in [0.3, 0.4) is 0 Å². The third-order valence-electron chi connectivity index (χ3n) is 3.68. The number of halogens is 1. The largest absolute Gasteiger partial charge is 0.370 e. The Morgan fingerprint density at radius 3 is 2.61 bits per heavy atom. The van der Waals surface area contributed by atoms with Crippen LogP contribution in [0.1, 0.15) is 45.6 Å². The molecule has 0 bridgehead atoms. The smallest absolute Gasteiger partial charge is 0.125 e. The number of anilines is 1. The lowest BCUT2D eigenvalue weighted by Gasteiger charge is -2.19. The van der Waals surface area contributed by atoms with E-state index in [9.17, 15) is 0 Å². The summed E-state index contributed by atoms with van der Waals surface area (Å²) in [6.07, 6.45) is 5.50. The standard InChI is InChI=1S/C15H23ClN2/c1-15(2,3)12-5-7-14(18-10-12)17-9-11-4-6-13(16)8-11/h5,7,10-11,13H,4,6,8-9H2,1-3H3,(H,17,18). The molecule has 3 heteroatoms. The van der Waals surface area contributed by atoms with Gasteiger partial charge in [0.15, 0.2) is 0 Å². The first-order valence-corrected chi connectivity index (χ1v) is 7.23. The van der Waals surface area contributed by atoms with Gasteiger partial charge < -0.3 is 5.32 Å². The van der Waals surface area contributed by atoms with Crippen molar-refractivity contribution in [1.82, 2.24) is 4.98 Å². The van der Waals surface area contributed by atoms with Gasteiger partial charge in [-0.25, -0.2) is 4.98 Å². The minimum atomic E-state index is 0.169. The molecule has 100 valence electrons. The normalized spacial score (nSPS) is 24.2. The van der Waals surface area contributed by atoms with E-state index in [4.69, 9.17) is 11.6 Å². The molecule has 2 atom stereocenters. The summed E-state index contributed by atoms with van der Waals surface area (Å²) in [5, 5.41) is 3.80. The highest BCUT2D eigenvalue weighted by atomic mass is 35.5. The summed E-state index contributed by atoms with van der Waals surface area (Å²) < 4.78 is 0. The van der Waals surface area contributed by atoms with E-state index in [1.165, 1.54) is 12.0 Å². The van der Waals surface area contributed by atoms with Crippen molar-refractivity contribution in [2.45, 2.75) is 50.8 Å². The molecule has 2 rings (SSSR count). The van der Waals surface area contributed by atoms with Crippen LogP contribution in [0.2, 0.25) is 0 Å². The fraction of sp³-hybridized carbons (Fsp3) is 0.667. The Bertz CT molecular complexity index is 380. The molecule has 1 aliphatic carbocycles. The van der Waals surface area contributed by atoms with E-state index < -0.39 is 0 Å². The highest BCUT2D eigenvalue weighted by molar-refractivity contribution is 6.20. The van der Waals surface area contributed by atoms with Gasteiger partial charge in [-0.3, -0.25) is 0 Å². The highest BCUT2D eigenvalue weighted by Crippen LogP contribution is 2.29. The number of pyridine rings is 1. The van der Waals surface area contributed by atoms with Crippen LogP contribution in [0.4, 0.5) is 5.82 Å². The van der Waals surface area contributed by atoms with Gasteiger partial charge in [0, 0.05) is 18.1 Å². The van der Waals surface area contributed by atoms with Gasteiger partial charge in [-0.2, -0.15) is 0 Å². The maximum Gasteiger partial charge on any atom is 0.125 e. The third kappa shape index (κ3) is 3.61. The lowest BCUT2D eigenvalue weighted by molar-refractivity contribution is 0.577. The van der Waals surface area contributed by atoms with Crippen LogP contribution >= 0.6 is 11.6 Å². The maximum absolute atomic E-state index is 6.12. The molecule has 1 saturated carbocycles. The molecule has 1 aromatic rings. The summed E-state index contributed by atoms with van der Waals surface area (Å²) in [5.41, 5.74) is 1.44. The summed E-state index contributed by atoms with van der Waals surface area (Å²) in [4.78, 5) is 4.48. The van der Waals surface area contributed by atoms with Crippen LogP contribution in [0.25, 0.3) is 0 Å². The molecule has 2 unspecified atom stereocenters. The molecule has 1 aliphatic rings. The van der Waals surface area contributed by atoms with Crippen molar-refractivity contribution in [2.75, 3.05) is 11.9 Å². The van der Waals surface area contributed by atoms with E-state index >= 15 is 0 Å². The highest BCUT2D eigenvalue weighted by Gasteiger charge is 2.22. The Labute approximate surface area is 115 Å². The van der Waals surface area contributed by atoms with Gasteiger partial charge in [0.25, 0.3) is 0 Å². The Kier molecular flexibility index (Phi) is 4.16. The molecule has 1 aromatic heterocycles. The van der Waals surface area contributed by atoms with Crippen molar-refractivity contribution in [3.8, 4) is 0 Å². The van der Waals surface area contributed by atoms with Crippen LogP contribution in [0.5, 0.6) is 0 Å². The van der Waals surface area contributed by atoms with E-state index in [1.54, 1.807) is 0 Å². The second-order valence-corrected chi connectivity index (χ2v) is 6.96. The van der Waals surface area contributed by atoms with Gasteiger partial charge in [0.05, 0.1) is 0 Å². The number of rotatable bonds is 3. The molecule has 2 nitrogen and oxygen atoms in total. The third-order valence-corrected chi connectivity index (χ3v) is 4.07. The Hall–Kier alpha value is -0.760. The van der Waals surface area contributed by atoms with Gasteiger partial charge in [0.2, 0.25) is 0 Å². The van der Waals surface area contributed by atoms with Crippen molar-refractivity contribution in [3.63, 3.8) is 0 Å². The monoisotopic (exact) mass is 266 g/mol. The molecular weight excluding hydrogens is 244 g/mol. The lowest BCUT2D eigenvalue weighted by atomic mass is 9.88. The molecule has 0 aliphatic heterocycles. The zero-order chi connectivity index (χ0) is 13.2. The molecule has 0 radical (unpaired) electrons. The molecule has 1 heterocycles. The Balaban J connectivity index is 1.87. The minimum Gasteiger partial charge on any atom is -0.370 e. The fourth-order valence-corrected chi connectivity index (χ4v) is 2.77. The number of alkyl halides is 1. The van der Waals surface area contributed by atoms with Crippen LogP contribution < -0.4 is 5.32 Å². The molecular formula is C15H23ClN2. The fourth-order valence-electron chi connectivity index (χ4n) is 2.39. The van der Waals surface area contributed by atoms with E-state index in [0.29, 0.717) is 11.3 Å². The molecule has 0 amide bonds. The van der Waals surface area contributed by atoms with Crippen molar-refractivity contribution in [1.29, 1.82) is 0 Å². The van der Waals surface area contributed by atoms with E-state index in [0.717, 1.165) is 25.2 Å². The zero-order valence-corrected chi connectivity index (χ0v) is 12.3. The topological polar surface area (TPSA) is 24.9 Å². The quantitative estimate of drug-likeness (QED) is 0.830. The number of hydrogen-bond acceptors (Lipinski definition) is 2. The number of nitrogens with one attached hydrogen (secondary N) is 1. The maximum atomic E-state index is 6.12. The average molecular weight is 267 g/mol. The van der Waals surface area contributed by atoms with Crippen LogP contribution in [-0.4, -0.2) is 16.9 Å². The summed E-state index contributed by atoms with van der Waals surface area (Å²) in [5.74, 6) is 1.68. The lowest BCUT2D eigenvalue weighted by Crippen LogP contribution is -2.14. The molecule has 1 fully saturated rings. The summed E-state index contributed by atoms with van der Waals surface area (Å²) in [6, 6.07) is 4.24. The zero-order valence-electron chi connectivity index (χ0n) is 11.5. The Morgan fingerprint density at radius 1 is 1.33 bits per heavy atom. The second-order valence-electron chi connectivity index (χ2n) is 6.34. The predicted molar refractivity (Wildman–Crippen MR) is 78.4 cm³/mol. The van der Waals surface area contributed by atoms with Gasteiger partial charge in [-0.05, 0) is 42.2 Å². The van der Waals surface area contributed by atoms with Crippen molar-refractivity contribution in [2.24, 2.45) is 5.92 Å². The van der Waals surface area contributed by atoms with Crippen LogP contribution in [0.15, 0.2) is 18.3 Å². The number of nitrogens with zero attached hydrogens (tertiary/aromatic N) is 1. The van der Waals surface area contributed by atoms with E-state index in [2.05, 4.69) is 43.2 Å². The van der Waals surface area contributed by atoms with Gasteiger partial charge in [-0.15, -0.1) is 11.6 Å². The summed E-state index contributed by atoms with van der Waals surface area (Å²) in [6.45, 7) is 7.61. The predicted octanol–water partition coefficient (Wildman–Crippen LogP) is 4.20. The molecule has 1 N–H and O–H groups in total. The summed E-state index contributed by atoms with van der Waals surface area (Å²) in [7, 11) is 0. The van der Waals surface area contributed by atoms with Gasteiger partial charge in [-0.1, -0.05) is 26.8 Å². The first kappa shape index (κ1) is 13.7. The first-order valence-electron chi connectivity index (χ1n) is 6.79. The molecule has 18 heavy (non-hydrogen) atoms. The van der Waals surface area contributed by atoms with Gasteiger partial charge >= 0.3 is 0 Å². The summed E-state index contributed by atoms with van der Waals surface area (Å²) >= 11 is 6.12. The number of aromatic nitrogens is 1. The average Bonchev–Trinajstić information content (AvgIpc) is 2.72. The van der Waals surface area contributed by atoms with Crippen molar-refractivity contribution in [3.05, 3.63) is 23.9 Å². The van der Waals surface area contributed by atoms with Crippen molar-refractivity contribution < 1.29 is 0 Å². The van der Waals surface area contributed by atoms with Crippen molar-refractivity contribution >= 4 is 17.4 Å². The van der Waals surface area contributed by atoms with E-state index in [1.807, 2.05) is 6.20 Å². The number of hydrogen-bond donors (Lipinski definition) is 1. The van der Waals surface area contributed by atoms with E-state index in [-0.39, 0.29) is 5.41 Å². The first-order chi connectivity index (χ1) is 8.45. The molecule has 0 saturated heterocycles. The molecule has 0 aromatic carbocycles. The second kappa shape index (κ2) is 5.48. The Morgan fingerprint density at radius 2 is 2.11 bits per heavy atom. The molecule has 0 spiro atoms.